The number of nitrogens with one attached hydrogen (secondary N) is 1. The van der Waals surface area contributed by atoms with Crippen LogP contribution in [0.5, 0.6) is 0 Å². The second kappa shape index (κ2) is 9.40. The summed E-state index contributed by atoms with van der Waals surface area (Å²) in [5.41, 5.74) is 6.99. The maximum Gasteiger partial charge on any atom is 0.418 e. The predicted molar refractivity (Wildman–Crippen MR) is 143 cm³/mol. The molecule has 3 N–H and O–H groups in total. The van der Waals surface area contributed by atoms with E-state index < -0.39 is 29.7 Å². The van der Waals surface area contributed by atoms with Crippen molar-refractivity contribution in [3.63, 3.8) is 0 Å². The molecule has 2 aromatic rings. The third-order valence-corrected chi connectivity index (χ3v) is 8.60. The lowest BCUT2D eigenvalue weighted by Crippen LogP contribution is -2.48. The van der Waals surface area contributed by atoms with Gasteiger partial charge in [0.25, 0.3) is 5.91 Å². The summed E-state index contributed by atoms with van der Waals surface area (Å²) in [6.07, 6.45) is 3.31. The molecule has 1 saturated carbocycles. The fourth-order valence-corrected chi connectivity index (χ4v) is 6.23. The van der Waals surface area contributed by atoms with Gasteiger partial charge in [0.2, 0.25) is 17.4 Å². The number of imide groups is 1. The highest BCUT2D eigenvalue weighted by molar-refractivity contribution is 6.06. The second-order valence-corrected chi connectivity index (χ2v) is 12.0. The largest absolute Gasteiger partial charge is 0.427 e. The number of carbonyl (C=O) groups excluding carboxylic acids is 4. The van der Waals surface area contributed by atoms with E-state index in [2.05, 4.69) is 5.32 Å². The molecule has 0 radical (unpaired) electrons. The Labute approximate surface area is 231 Å². The smallest absolute Gasteiger partial charge is 0.418 e. The lowest BCUT2D eigenvalue weighted by molar-refractivity contribution is -0.143. The van der Waals surface area contributed by atoms with E-state index >= 15 is 0 Å². The number of hydrogen-bond donors (Lipinski definition) is 2. The van der Waals surface area contributed by atoms with E-state index in [-0.39, 0.29) is 30.1 Å². The molecule has 10 heteroatoms. The Morgan fingerprint density at radius 3 is 2.58 bits per heavy atom. The number of ether oxygens (including phenoxy) is 1. The standard InChI is InChI=1S/C30H33FN4O5/c1-29(2,32)26(37)33-22-8-9-23-19(14-22)11-12-30(23)27(38)35(28(39)40-30)16-25(36)34-15-20-5-7-21(31)13-18(20)6-10-24(34)17-3-4-17/h5,7-9,13-14,17,24H,3-4,6,10-12,15-16,32H2,1-2H3,(H,33,37)/t24?,30-/m1/s1. The van der Waals surface area contributed by atoms with Crippen molar-refractivity contribution in [2.24, 2.45) is 11.7 Å². The summed E-state index contributed by atoms with van der Waals surface area (Å²) >= 11 is 0. The molecule has 2 aromatic carbocycles. The Morgan fingerprint density at radius 2 is 1.85 bits per heavy atom. The number of fused-ring (bicyclic) bond motifs is 3. The van der Waals surface area contributed by atoms with Crippen molar-refractivity contribution in [3.8, 4) is 0 Å². The SMILES string of the molecule is CC(C)(N)C(=O)Nc1ccc2c(c1)CC[C@@]21OC(=O)N(CC(=O)N2Cc3ccc(F)cc3CCC2C2CC2)C1=O. The van der Waals surface area contributed by atoms with Crippen molar-refractivity contribution in [3.05, 3.63) is 64.5 Å². The molecule has 1 spiro atoms. The molecule has 40 heavy (non-hydrogen) atoms. The predicted octanol–water partition coefficient (Wildman–Crippen LogP) is 3.38. The van der Waals surface area contributed by atoms with Crippen LogP contribution in [0, 0.1) is 11.7 Å². The molecule has 1 unspecified atom stereocenters. The number of nitrogens with two attached hydrogens (primary N) is 1. The van der Waals surface area contributed by atoms with Crippen LogP contribution in [0.3, 0.4) is 0 Å². The minimum absolute atomic E-state index is 0.0232. The maximum absolute atomic E-state index is 13.9. The van der Waals surface area contributed by atoms with Gasteiger partial charge >= 0.3 is 6.09 Å². The van der Waals surface area contributed by atoms with Crippen molar-refractivity contribution < 1.29 is 28.3 Å². The molecule has 2 heterocycles. The molecule has 4 amide bonds. The van der Waals surface area contributed by atoms with E-state index in [0.29, 0.717) is 43.0 Å². The summed E-state index contributed by atoms with van der Waals surface area (Å²) in [5, 5.41) is 2.78. The summed E-state index contributed by atoms with van der Waals surface area (Å²) in [6, 6.07) is 9.73. The van der Waals surface area contributed by atoms with Crippen LogP contribution in [0.4, 0.5) is 14.9 Å². The lowest BCUT2D eigenvalue weighted by Gasteiger charge is -2.31. The number of aryl methyl sites for hydroxylation is 2. The van der Waals surface area contributed by atoms with Gasteiger partial charge < -0.3 is 20.7 Å². The molecule has 210 valence electrons. The number of amides is 4. The highest BCUT2D eigenvalue weighted by Gasteiger charge is 2.58. The van der Waals surface area contributed by atoms with E-state index in [1.54, 1.807) is 43.0 Å². The van der Waals surface area contributed by atoms with Gasteiger partial charge in [0.1, 0.15) is 12.4 Å². The van der Waals surface area contributed by atoms with Crippen LogP contribution >= 0.6 is 0 Å². The Bertz CT molecular complexity index is 1430. The quantitative estimate of drug-likeness (QED) is 0.591. The Hall–Kier alpha value is -3.79. The third-order valence-electron chi connectivity index (χ3n) is 8.60. The van der Waals surface area contributed by atoms with Gasteiger partial charge in [-0.1, -0.05) is 12.1 Å². The van der Waals surface area contributed by atoms with Gasteiger partial charge in [-0.15, -0.1) is 0 Å². The molecular formula is C30H33FN4O5. The summed E-state index contributed by atoms with van der Waals surface area (Å²) in [4.78, 5) is 55.4. The van der Waals surface area contributed by atoms with E-state index in [4.69, 9.17) is 10.5 Å². The molecule has 2 fully saturated rings. The first-order valence-corrected chi connectivity index (χ1v) is 13.8. The zero-order valence-corrected chi connectivity index (χ0v) is 22.7. The van der Waals surface area contributed by atoms with Crippen LogP contribution in [0.2, 0.25) is 0 Å². The number of carbonyl (C=O) groups is 4. The minimum Gasteiger partial charge on any atom is -0.427 e. The summed E-state index contributed by atoms with van der Waals surface area (Å²) in [7, 11) is 0. The van der Waals surface area contributed by atoms with Crippen LogP contribution in [0.15, 0.2) is 36.4 Å². The fourth-order valence-electron chi connectivity index (χ4n) is 6.23. The van der Waals surface area contributed by atoms with Crippen molar-refractivity contribution in [1.29, 1.82) is 0 Å². The van der Waals surface area contributed by atoms with E-state index in [1.807, 2.05) is 0 Å². The van der Waals surface area contributed by atoms with Crippen molar-refractivity contribution in [1.82, 2.24) is 9.80 Å². The molecule has 0 bridgehead atoms. The summed E-state index contributed by atoms with van der Waals surface area (Å²) in [6.45, 7) is 3.12. The topological polar surface area (TPSA) is 122 Å². The summed E-state index contributed by atoms with van der Waals surface area (Å²) in [5.74, 6) is -1.15. The molecule has 0 aromatic heterocycles. The zero-order chi connectivity index (χ0) is 28.4. The van der Waals surface area contributed by atoms with Gasteiger partial charge in [-0.3, -0.25) is 14.4 Å². The first kappa shape index (κ1) is 26.4. The average molecular weight is 549 g/mol. The first-order valence-electron chi connectivity index (χ1n) is 13.8. The lowest BCUT2D eigenvalue weighted by atomic mass is 9.94. The Morgan fingerprint density at radius 1 is 1.07 bits per heavy atom. The number of hydrogen-bond acceptors (Lipinski definition) is 6. The average Bonchev–Trinajstić information content (AvgIpc) is 3.66. The number of halogens is 1. The van der Waals surface area contributed by atoms with E-state index in [0.717, 1.165) is 34.4 Å². The minimum atomic E-state index is -1.48. The highest BCUT2D eigenvalue weighted by Crippen LogP contribution is 2.46. The van der Waals surface area contributed by atoms with Gasteiger partial charge in [0.15, 0.2) is 0 Å². The highest BCUT2D eigenvalue weighted by atomic mass is 19.1. The van der Waals surface area contributed by atoms with Crippen LogP contribution in [0.1, 0.15) is 61.8 Å². The van der Waals surface area contributed by atoms with Gasteiger partial charge in [-0.25, -0.2) is 14.1 Å². The van der Waals surface area contributed by atoms with Crippen LogP contribution in [-0.2, 0) is 44.1 Å². The normalized spacial score (nSPS) is 24.1. The van der Waals surface area contributed by atoms with Crippen LogP contribution in [-0.4, -0.2) is 51.7 Å². The fraction of sp³-hybridized carbons (Fsp3) is 0.467. The van der Waals surface area contributed by atoms with E-state index in [1.165, 1.54) is 12.1 Å². The summed E-state index contributed by atoms with van der Waals surface area (Å²) < 4.78 is 19.6. The van der Waals surface area contributed by atoms with Gasteiger partial charge in [0.05, 0.1) is 5.54 Å². The monoisotopic (exact) mass is 548 g/mol. The number of benzene rings is 2. The zero-order valence-electron chi connectivity index (χ0n) is 22.7. The first-order chi connectivity index (χ1) is 19.0. The van der Waals surface area contributed by atoms with Crippen molar-refractivity contribution >= 4 is 29.5 Å². The Balaban J connectivity index is 1.21. The molecule has 2 aliphatic heterocycles. The van der Waals surface area contributed by atoms with Gasteiger partial charge in [0, 0.05) is 30.3 Å². The molecule has 2 atom stereocenters. The molecule has 2 aliphatic carbocycles. The van der Waals surface area contributed by atoms with E-state index in [9.17, 15) is 23.6 Å². The van der Waals surface area contributed by atoms with Crippen molar-refractivity contribution in [2.45, 2.75) is 76.1 Å². The van der Waals surface area contributed by atoms with Crippen LogP contribution < -0.4 is 11.1 Å². The number of nitrogens with zero attached hydrogens (tertiary/aromatic N) is 2. The van der Waals surface area contributed by atoms with Crippen molar-refractivity contribution in [2.75, 3.05) is 11.9 Å². The third kappa shape index (κ3) is 4.54. The molecule has 4 aliphatic rings. The molecule has 9 nitrogen and oxygen atoms in total. The molecule has 1 saturated heterocycles. The maximum atomic E-state index is 13.9. The second-order valence-electron chi connectivity index (χ2n) is 12.0. The van der Waals surface area contributed by atoms with Crippen LogP contribution in [0.25, 0.3) is 0 Å². The molecule has 6 rings (SSSR count). The number of rotatable bonds is 5. The molecular weight excluding hydrogens is 515 g/mol. The van der Waals surface area contributed by atoms with Gasteiger partial charge in [-0.2, -0.15) is 0 Å². The number of anilines is 1. The Kier molecular flexibility index (Phi) is 6.21. The van der Waals surface area contributed by atoms with Gasteiger partial charge in [-0.05, 0) is 92.8 Å².